The highest BCUT2D eigenvalue weighted by Crippen LogP contribution is 2.22. The van der Waals surface area contributed by atoms with E-state index in [-0.39, 0.29) is 22.4 Å². The molecule has 0 radical (unpaired) electrons. The summed E-state index contributed by atoms with van der Waals surface area (Å²) >= 11 is 2.42. The molecule has 3 aromatic rings. The largest absolute Gasteiger partial charge is 0.300 e. The molecule has 0 aliphatic heterocycles. The molecule has 2 aromatic heterocycles. The number of rotatable bonds is 7. The van der Waals surface area contributed by atoms with Crippen LogP contribution in [-0.2, 0) is 11.2 Å². The lowest BCUT2D eigenvalue weighted by molar-refractivity contribution is -0.113. The number of anilines is 1. The second-order valence-electron chi connectivity index (χ2n) is 6.51. The van der Waals surface area contributed by atoms with Crippen molar-refractivity contribution in [1.29, 1.82) is 5.26 Å². The fourth-order valence-electron chi connectivity index (χ4n) is 2.45. The van der Waals surface area contributed by atoms with Crippen molar-refractivity contribution in [2.45, 2.75) is 25.4 Å². The molecule has 29 heavy (non-hydrogen) atoms. The maximum absolute atomic E-state index is 12.2. The number of carbonyl (C=O) groups excluding carboxylic acids is 1. The first kappa shape index (κ1) is 20.7. The fraction of sp³-hybridized carbons (Fsp3) is 0.263. The molecule has 0 saturated carbocycles. The average Bonchev–Trinajstić information content (AvgIpc) is 3.12. The van der Waals surface area contributed by atoms with Crippen molar-refractivity contribution in [3.8, 4) is 17.3 Å². The summed E-state index contributed by atoms with van der Waals surface area (Å²) in [5.41, 5.74) is 0.360. The third-order valence-electron chi connectivity index (χ3n) is 3.69. The number of hydrogen-bond donors (Lipinski definition) is 2. The molecular formula is C19H18N6O2S2. The van der Waals surface area contributed by atoms with Gasteiger partial charge in [0.1, 0.15) is 16.6 Å². The zero-order valence-corrected chi connectivity index (χ0v) is 17.4. The van der Waals surface area contributed by atoms with Crippen molar-refractivity contribution in [1.82, 2.24) is 20.2 Å². The number of aromatic amines is 1. The molecule has 10 heteroatoms. The zero-order chi connectivity index (χ0) is 20.8. The van der Waals surface area contributed by atoms with Gasteiger partial charge in [0.2, 0.25) is 11.0 Å². The lowest BCUT2D eigenvalue weighted by atomic mass is 10.1. The number of aromatic nitrogens is 4. The van der Waals surface area contributed by atoms with Crippen LogP contribution in [0.3, 0.4) is 0 Å². The van der Waals surface area contributed by atoms with Gasteiger partial charge in [0.25, 0.3) is 5.56 Å². The van der Waals surface area contributed by atoms with Gasteiger partial charge in [-0.25, -0.2) is 4.98 Å². The van der Waals surface area contributed by atoms with E-state index in [1.54, 1.807) is 24.3 Å². The second kappa shape index (κ2) is 9.45. The Morgan fingerprint density at radius 2 is 2.07 bits per heavy atom. The van der Waals surface area contributed by atoms with Crippen LogP contribution >= 0.6 is 23.1 Å². The Morgan fingerprint density at radius 3 is 2.76 bits per heavy atom. The molecule has 0 aliphatic carbocycles. The van der Waals surface area contributed by atoms with E-state index in [0.29, 0.717) is 22.3 Å². The van der Waals surface area contributed by atoms with Crippen LogP contribution in [0.15, 0.2) is 40.3 Å². The highest BCUT2D eigenvalue weighted by Gasteiger charge is 2.15. The number of nitrogens with zero attached hydrogens (tertiary/aromatic N) is 4. The predicted octanol–water partition coefficient (Wildman–Crippen LogP) is 3.09. The minimum Gasteiger partial charge on any atom is -0.300 e. The number of nitrogens with one attached hydrogen (secondary N) is 2. The molecule has 3 rings (SSSR count). The summed E-state index contributed by atoms with van der Waals surface area (Å²) in [5.74, 6) is 0.206. The van der Waals surface area contributed by atoms with Gasteiger partial charge in [-0.1, -0.05) is 67.3 Å². The van der Waals surface area contributed by atoms with Gasteiger partial charge in [0.15, 0.2) is 5.16 Å². The monoisotopic (exact) mass is 426 g/mol. The molecule has 0 unspecified atom stereocenters. The van der Waals surface area contributed by atoms with Crippen LogP contribution in [0, 0.1) is 17.2 Å². The number of amides is 1. The van der Waals surface area contributed by atoms with E-state index >= 15 is 0 Å². The third-order valence-corrected chi connectivity index (χ3v) is 5.43. The van der Waals surface area contributed by atoms with E-state index in [1.165, 1.54) is 11.3 Å². The van der Waals surface area contributed by atoms with E-state index in [0.717, 1.165) is 23.2 Å². The number of benzene rings is 1. The van der Waals surface area contributed by atoms with Crippen LogP contribution in [0.1, 0.15) is 24.4 Å². The first-order valence-electron chi connectivity index (χ1n) is 8.81. The van der Waals surface area contributed by atoms with Gasteiger partial charge >= 0.3 is 0 Å². The van der Waals surface area contributed by atoms with Crippen LogP contribution in [0.5, 0.6) is 0 Å². The van der Waals surface area contributed by atoms with E-state index in [4.69, 9.17) is 0 Å². The molecule has 8 nitrogen and oxygen atoms in total. The van der Waals surface area contributed by atoms with Crippen molar-refractivity contribution in [3.05, 3.63) is 51.3 Å². The van der Waals surface area contributed by atoms with Gasteiger partial charge in [0.05, 0.1) is 11.4 Å². The number of hydrogen-bond acceptors (Lipinski definition) is 8. The second-order valence-corrected chi connectivity index (χ2v) is 8.53. The van der Waals surface area contributed by atoms with Gasteiger partial charge in [-0.2, -0.15) is 5.26 Å². The van der Waals surface area contributed by atoms with Crippen molar-refractivity contribution >= 4 is 34.1 Å². The molecule has 0 atom stereocenters. The Hall–Kier alpha value is -3.03. The van der Waals surface area contributed by atoms with E-state index in [2.05, 4.69) is 39.3 Å². The molecule has 0 bridgehead atoms. The van der Waals surface area contributed by atoms with Crippen LogP contribution in [0.25, 0.3) is 11.3 Å². The molecule has 0 fully saturated rings. The van der Waals surface area contributed by atoms with Crippen molar-refractivity contribution < 1.29 is 4.79 Å². The summed E-state index contributed by atoms with van der Waals surface area (Å²) in [6, 6.07) is 10.9. The molecule has 0 aliphatic rings. The van der Waals surface area contributed by atoms with Gasteiger partial charge in [-0.05, 0) is 5.92 Å². The average molecular weight is 427 g/mol. The van der Waals surface area contributed by atoms with E-state index in [1.807, 2.05) is 12.1 Å². The molecular weight excluding hydrogens is 408 g/mol. The van der Waals surface area contributed by atoms with E-state index < -0.39 is 5.56 Å². The summed E-state index contributed by atoms with van der Waals surface area (Å²) < 4.78 is 0. The lowest BCUT2D eigenvalue weighted by Gasteiger charge is -2.06. The molecule has 0 saturated heterocycles. The highest BCUT2D eigenvalue weighted by molar-refractivity contribution is 7.99. The Bertz CT molecular complexity index is 1100. The first-order valence-corrected chi connectivity index (χ1v) is 10.6. The molecule has 2 heterocycles. The molecule has 2 N–H and O–H groups in total. The lowest BCUT2D eigenvalue weighted by Crippen LogP contribution is -2.17. The first-order chi connectivity index (χ1) is 14.0. The standard InChI is InChI=1S/C19H18N6O2S2/c1-11(2)8-15-24-25-19(29-15)21-14(26)10-28-18-22-16(12-6-4-3-5-7-12)13(9-20)17(27)23-18/h3-7,11H,8,10H2,1-2H3,(H,21,25,26)(H,22,23,27). The highest BCUT2D eigenvalue weighted by atomic mass is 32.2. The van der Waals surface area contributed by atoms with Gasteiger partial charge in [-0.3, -0.25) is 14.9 Å². The SMILES string of the molecule is CC(C)Cc1nnc(NC(=O)CSc2nc(-c3ccccc3)c(C#N)c(=O)[nH]2)s1. The number of thioether (sulfide) groups is 1. The van der Waals surface area contributed by atoms with Gasteiger partial charge in [-0.15, -0.1) is 10.2 Å². The maximum Gasteiger partial charge on any atom is 0.270 e. The summed E-state index contributed by atoms with van der Waals surface area (Å²) in [6.07, 6.45) is 0.806. The fourth-order valence-corrected chi connectivity index (χ4v) is 4.08. The molecule has 1 amide bonds. The van der Waals surface area contributed by atoms with Gasteiger partial charge in [0, 0.05) is 12.0 Å². The Morgan fingerprint density at radius 1 is 1.31 bits per heavy atom. The molecule has 1 aromatic carbocycles. The Labute approximate surface area is 175 Å². The molecule has 0 spiro atoms. The van der Waals surface area contributed by atoms with E-state index in [9.17, 15) is 14.9 Å². The maximum atomic E-state index is 12.2. The summed E-state index contributed by atoms with van der Waals surface area (Å²) in [7, 11) is 0. The quantitative estimate of drug-likeness (QED) is 0.439. The summed E-state index contributed by atoms with van der Waals surface area (Å²) in [5, 5.41) is 21.6. The minimum absolute atomic E-state index is 0.0299. The van der Waals surface area contributed by atoms with Crippen LogP contribution < -0.4 is 10.9 Å². The van der Waals surface area contributed by atoms with Crippen molar-refractivity contribution in [2.24, 2.45) is 5.92 Å². The minimum atomic E-state index is -0.535. The topological polar surface area (TPSA) is 124 Å². The normalized spacial score (nSPS) is 10.7. The molecule has 148 valence electrons. The van der Waals surface area contributed by atoms with Gasteiger partial charge < -0.3 is 4.98 Å². The van der Waals surface area contributed by atoms with Crippen LogP contribution in [-0.4, -0.2) is 31.8 Å². The Balaban J connectivity index is 1.70. The number of H-pyrrole nitrogens is 1. The zero-order valence-electron chi connectivity index (χ0n) is 15.8. The third kappa shape index (κ3) is 5.49. The summed E-state index contributed by atoms with van der Waals surface area (Å²) in [4.78, 5) is 31.4. The Kier molecular flexibility index (Phi) is 6.74. The van der Waals surface area contributed by atoms with Crippen molar-refractivity contribution in [2.75, 3.05) is 11.1 Å². The predicted molar refractivity (Wildman–Crippen MR) is 113 cm³/mol. The summed E-state index contributed by atoms with van der Waals surface area (Å²) in [6.45, 7) is 4.18. The number of carbonyl (C=O) groups is 1. The van der Waals surface area contributed by atoms with Crippen LogP contribution in [0.2, 0.25) is 0 Å². The number of nitriles is 1. The van der Waals surface area contributed by atoms with Crippen molar-refractivity contribution in [3.63, 3.8) is 0 Å². The van der Waals surface area contributed by atoms with Crippen LogP contribution in [0.4, 0.5) is 5.13 Å². The smallest absolute Gasteiger partial charge is 0.270 e.